The van der Waals surface area contributed by atoms with Gasteiger partial charge < -0.3 is 9.15 Å². The van der Waals surface area contributed by atoms with E-state index in [-0.39, 0.29) is 5.76 Å². The van der Waals surface area contributed by atoms with Crippen LogP contribution in [0.25, 0.3) is 11.1 Å². The van der Waals surface area contributed by atoms with Crippen molar-refractivity contribution in [2.75, 3.05) is 7.11 Å². The van der Waals surface area contributed by atoms with Crippen LogP contribution in [0.4, 0.5) is 0 Å². The van der Waals surface area contributed by atoms with E-state index in [9.17, 15) is 4.79 Å². The standard InChI is InChI=1S/C15H12INO3/c1-19-13-5-3-2-4-10(13)9-17-12-7-6-11(16)8-14(12)20-15(17)18/h2-8H,9H2,1H3. The molecule has 3 aromatic rings. The number of benzene rings is 2. The van der Waals surface area contributed by atoms with Gasteiger partial charge in [0.1, 0.15) is 5.75 Å². The minimum absolute atomic E-state index is 0.354. The molecular weight excluding hydrogens is 369 g/mol. The van der Waals surface area contributed by atoms with Gasteiger partial charge in [-0.1, -0.05) is 18.2 Å². The second kappa shape index (κ2) is 5.32. The Morgan fingerprint density at radius 3 is 2.85 bits per heavy atom. The van der Waals surface area contributed by atoms with E-state index >= 15 is 0 Å². The number of methoxy groups -OCH3 is 1. The third kappa shape index (κ3) is 2.33. The predicted molar refractivity (Wildman–Crippen MR) is 85.3 cm³/mol. The molecule has 0 fully saturated rings. The van der Waals surface area contributed by atoms with Crippen molar-refractivity contribution in [1.82, 2.24) is 4.57 Å². The molecule has 2 aromatic carbocycles. The number of fused-ring (bicyclic) bond motifs is 1. The Kier molecular flexibility index (Phi) is 3.52. The molecule has 0 N–H and O–H groups in total. The van der Waals surface area contributed by atoms with E-state index in [0.29, 0.717) is 12.1 Å². The molecule has 0 atom stereocenters. The highest BCUT2D eigenvalue weighted by Crippen LogP contribution is 2.21. The van der Waals surface area contributed by atoms with Gasteiger partial charge in [-0.2, -0.15) is 0 Å². The quantitative estimate of drug-likeness (QED) is 0.655. The Hall–Kier alpha value is -1.76. The summed E-state index contributed by atoms with van der Waals surface area (Å²) in [5.41, 5.74) is 2.34. The highest BCUT2D eigenvalue weighted by molar-refractivity contribution is 14.1. The zero-order chi connectivity index (χ0) is 14.1. The van der Waals surface area contributed by atoms with Crippen LogP contribution in [0, 0.1) is 3.57 Å². The van der Waals surface area contributed by atoms with Gasteiger partial charge in [0.05, 0.1) is 19.2 Å². The van der Waals surface area contributed by atoms with Crippen LogP contribution in [0.2, 0.25) is 0 Å². The maximum Gasteiger partial charge on any atom is 0.420 e. The third-order valence-electron chi connectivity index (χ3n) is 3.15. The SMILES string of the molecule is COc1ccccc1Cn1c(=O)oc2cc(I)ccc21. The molecule has 0 amide bonds. The van der Waals surface area contributed by atoms with Crippen molar-refractivity contribution in [1.29, 1.82) is 0 Å². The Morgan fingerprint density at radius 1 is 1.25 bits per heavy atom. The average molecular weight is 381 g/mol. The maximum absolute atomic E-state index is 12.0. The molecule has 1 aromatic heterocycles. The van der Waals surface area contributed by atoms with Gasteiger partial charge in [-0.25, -0.2) is 4.79 Å². The minimum Gasteiger partial charge on any atom is -0.496 e. The molecule has 0 saturated carbocycles. The summed E-state index contributed by atoms with van der Waals surface area (Å²) in [5, 5.41) is 0. The zero-order valence-electron chi connectivity index (χ0n) is 10.8. The van der Waals surface area contributed by atoms with Gasteiger partial charge >= 0.3 is 5.76 Å². The van der Waals surface area contributed by atoms with Gasteiger partial charge in [-0.05, 0) is 46.9 Å². The lowest BCUT2D eigenvalue weighted by atomic mass is 10.2. The summed E-state index contributed by atoms with van der Waals surface area (Å²) in [6.07, 6.45) is 0. The minimum atomic E-state index is -0.354. The van der Waals surface area contributed by atoms with Gasteiger partial charge in [0, 0.05) is 9.13 Å². The lowest BCUT2D eigenvalue weighted by Gasteiger charge is -2.08. The molecular formula is C15H12INO3. The molecule has 0 aliphatic carbocycles. The first-order chi connectivity index (χ1) is 9.69. The first-order valence-electron chi connectivity index (χ1n) is 6.10. The zero-order valence-corrected chi connectivity index (χ0v) is 13.0. The van der Waals surface area contributed by atoms with Gasteiger partial charge in [0.25, 0.3) is 0 Å². The topological polar surface area (TPSA) is 44.4 Å². The Morgan fingerprint density at radius 2 is 2.05 bits per heavy atom. The summed E-state index contributed by atoms with van der Waals surface area (Å²) < 4.78 is 13.3. The van der Waals surface area contributed by atoms with Crippen molar-refractivity contribution in [3.8, 4) is 5.75 Å². The molecule has 5 heteroatoms. The van der Waals surface area contributed by atoms with Gasteiger partial charge in [-0.15, -0.1) is 0 Å². The smallest absolute Gasteiger partial charge is 0.420 e. The number of nitrogens with zero attached hydrogens (tertiary/aromatic N) is 1. The summed E-state index contributed by atoms with van der Waals surface area (Å²) in [4.78, 5) is 12.0. The van der Waals surface area contributed by atoms with Crippen molar-refractivity contribution in [2.45, 2.75) is 6.54 Å². The summed E-state index contributed by atoms with van der Waals surface area (Å²) in [7, 11) is 1.62. The van der Waals surface area contributed by atoms with Crippen LogP contribution in [-0.4, -0.2) is 11.7 Å². The molecule has 0 spiro atoms. The van der Waals surface area contributed by atoms with Gasteiger partial charge in [0.2, 0.25) is 0 Å². The van der Waals surface area contributed by atoms with E-state index in [1.165, 1.54) is 0 Å². The number of rotatable bonds is 3. The molecule has 0 radical (unpaired) electrons. The number of hydrogen-bond acceptors (Lipinski definition) is 3. The summed E-state index contributed by atoms with van der Waals surface area (Å²) >= 11 is 2.19. The first-order valence-corrected chi connectivity index (χ1v) is 7.17. The first kappa shape index (κ1) is 13.2. The van der Waals surface area contributed by atoms with Crippen LogP contribution >= 0.6 is 22.6 Å². The lowest BCUT2D eigenvalue weighted by molar-refractivity contribution is 0.407. The summed E-state index contributed by atoms with van der Waals surface area (Å²) in [6.45, 7) is 0.427. The van der Waals surface area contributed by atoms with Crippen LogP contribution in [0.3, 0.4) is 0 Å². The van der Waals surface area contributed by atoms with Gasteiger partial charge in [-0.3, -0.25) is 4.57 Å². The Bertz CT molecular complexity index is 819. The monoisotopic (exact) mass is 381 g/mol. The molecule has 4 nitrogen and oxygen atoms in total. The molecule has 0 unspecified atom stereocenters. The average Bonchev–Trinajstić information content (AvgIpc) is 2.75. The van der Waals surface area contributed by atoms with E-state index in [2.05, 4.69) is 22.6 Å². The number of halogens is 1. The Labute approximate surface area is 129 Å². The number of ether oxygens (including phenoxy) is 1. The molecule has 3 rings (SSSR count). The summed E-state index contributed by atoms with van der Waals surface area (Å²) in [5.74, 6) is 0.409. The number of aromatic nitrogens is 1. The molecule has 0 aliphatic heterocycles. The van der Waals surface area contributed by atoms with Crippen LogP contribution in [0.5, 0.6) is 5.75 Å². The van der Waals surface area contributed by atoms with Crippen molar-refractivity contribution < 1.29 is 9.15 Å². The predicted octanol–water partition coefficient (Wildman–Crippen LogP) is 3.26. The third-order valence-corrected chi connectivity index (χ3v) is 3.82. The van der Waals surface area contributed by atoms with Crippen molar-refractivity contribution in [2.24, 2.45) is 0 Å². The highest BCUT2D eigenvalue weighted by Gasteiger charge is 2.11. The fourth-order valence-electron chi connectivity index (χ4n) is 2.19. The largest absolute Gasteiger partial charge is 0.496 e. The van der Waals surface area contributed by atoms with Crippen LogP contribution in [-0.2, 0) is 6.54 Å². The molecule has 0 aliphatic rings. The van der Waals surface area contributed by atoms with Crippen molar-refractivity contribution in [3.63, 3.8) is 0 Å². The Balaban J connectivity index is 2.11. The van der Waals surface area contributed by atoms with Crippen molar-refractivity contribution in [3.05, 3.63) is 62.1 Å². The molecule has 20 heavy (non-hydrogen) atoms. The van der Waals surface area contributed by atoms with Crippen LogP contribution < -0.4 is 10.5 Å². The molecule has 0 bridgehead atoms. The fourth-order valence-corrected chi connectivity index (χ4v) is 2.66. The van der Waals surface area contributed by atoms with E-state index in [1.54, 1.807) is 11.7 Å². The second-order valence-corrected chi connectivity index (χ2v) is 5.62. The number of hydrogen-bond donors (Lipinski definition) is 0. The molecule has 102 valence electrons. The van der Waals surface area contributed by atoms with E-state index < -0.39 is 0 Å². The normalized spacial score (nSPS) is 10.9. The lowest BCUT2D eigenvalue weighted by Crippen LogP contribution is -2.15. The molecule has 0 saturated heterocycles. The maximum atomic E-state index is 12.0. The van der Waals surface area contributed by atoms with Crippen LogP contribution in [0.1, 0.15) is 5.56 Å². The second-order valence-electron chi connectivity index (χ2n) is 4.38. The van der Waals surface area contributed by atoms with Crippen LogP contribution in [0.15, 0.2) is 51.7 Å². The van der Waals surface area contributed by atoms with E-state index in [4.69, 9.17) is 9.15 Å². The molecule has 1 heterocycles. The summed E-state index contributed by atoms with van der Waals surface area (Å²) in [6, 6.07) is 13.4. The highest BCUT2D eigenvalue weighted by atomic mass is 127. The fraction of sp³-hybridized carbons (Fsp3) is 0.133. The van der Waals surface area contributed by atoms with Gasteiger partial charge in [0.15, 0.2) is 5.58 Å². The number of para-hydroxylation sites is 1. The van der Waals surface area contributed by atoms with E-state index in [1.807, 2.05) is 42.5 Å². The number of oxazole rings is 1. The van der Waals surface area contributed by atoms with Crippen molar-refractivity contribution >= 4 is 33.7 Å². The van der Waals surface area contributed by atoms with E-state index in [0.717, 1.165) is 20.4 Å².